The topological polar surface area (TPSA) is 37.7 Å². The maximum absolute atomic E-state index is 6.46. The summed E-state index contributed by atoms with van der Waals surface area (Å²) in [6, 6.07) is 18.1. The Bertz CT molecular complexity index is 1310. The van der Waals surface area contributed by atoms with Crippen molar-refractivity contribution >= 4 is 72.6 Å². The Kier molecular flexibility index (Phi) is 6.27. The van der Waals surface area contributed by atoms with Crippen LogP contribution in [0, 0.1) is 0 Å². The predicted molar refractivity (Wildman–Crippen MR) is 139 cm³/mol. The highest BCUT2D eigenvalue weighted by molar-refractivity contribution is 9.10. The molecule has 0 N–H and O–H groups in total. The molecule has 4 nitrogen and oxygen atoms in total. The van der Waals surface area contributed by atoms with Crippen LogP contribution in [-0.4, -0.2) is 17.8 Å². The molecule has 32 heavy (non-hydrogen) atoms. The van der Waals surface area contributed by atoms with Crippen molar-refractivity contribution in [2.45, 2.75) is 12.5 Å². The molecule has 2 aromatic heterocycles. The van der Waals surface area contributed by atoms with Crippen LogP contribution in [0.25, 0.3) is 11.3 Å². The molecule has 0 aliphatic carbocycles. The first-order valence-electron chi connectivity index (χ1n) is 9.70. The molecule has 0 amide bonds. The average Bonchev–Trinajstić information content (AvgIpc) is 3.52. The van der Waals surface area contributed by atoms with Gasteiger partial charge in [0.15, 0.2) is 0 Å². The van der Waals surface area contributed by atoms with E-state index in [9.17, 15) is 0 Å². The molecule has 0 spiro atoms. The number of ether oxygens (including phenoxy) is 1. The molecule has 4 aromatic rings. The summed E-state index contributed by atoms with van der Waals surface area (Å²) in [6.45, 7) is 0. The number of halogens is 3. The minimum Gasteiger partial charge on any atom is -0.496 e. The fraction of sp³-hybridized carbons (Fsp3) is 0.130. The Morgan fingerprint density at radius 3 is 2.62 bits per heavy atom. The summed E-state index contributed by atoms with van der Waals surface area (Å²) >= 11 is 19.2. The molecular weight excluding hydrogens is 549 g/mol. The molecule has 1 unspecified atom stereocenters. The van der Waals surface area contributed by atoms with E-state index in [1.165, 1.54) is 11.3 Å². The smallest absolute Gasteiger partial charge is 0.207 e. The van der Waals surface area contributed by atoms with Crippen LogP contribution in [0.15, 0.2) is 69.6 Å². The zero-order valence-corrected chi connectivity index (χ0v) is 21.5. The van der Waals surface area contributed by atoms with Crippen LogP contribution >= 0.6 is 61.8 Å². The number of thiophene rings is 1. The van der Waals surface area contributed by atoms with Crippen molar-refractivity contribution in [3.05, 3.63) is 84.2 Å². The molecule has 162 valence electrons. The summed E-state index contributed by atoms with van der Waals surface area (Å²) < 4.78 is 7.60. The zero-order chi connectivity index (χ0) is 22.2. The Hall–Kier alpha value is -1.90. The Balaban J connectivity index is 1.56. The van der Waals surface area contributed by atoms with Crippen LogP contribution in [0.2, 0.25) is 8.67 Å². The van der Waals surface area contributed by atoms with E-state index in [1.807, 2.05) is 35.3 Å². The molecule has 0 bridgehead atoms. The molecule has 0 radical (unpaired) electrons. The molecule has 0 saturated carbocycles. The highest BCUT2D eigenvalue weighted by atomic mass is 79.9. The van der Waals surface area contributed by atoms with E-state index in [1.54, 1.807) is 18.4 Å². The lowest BCUT2D eigenvalue weighted by molar-refractivity contribution is 0.412. The monoisotopic (exact) mass is 563 g/mol. The summed E-state index contributed by atoms with van der Waals surface area (Å²) in [6.07, 6.45) is 0.686. The molecule has 5 rings (SSSR count). The van der Waals surface area contributed by atoms with Crippen molar-refractivity contribution in [2.75, 3.05) is 12.1 Å². The highest BCUT2D eigenvalue weighted by Gasteiger charge is 2.33. The van der Waals surface area contributed by atoms with Gasteiger partial charge in [-0.1, -0.05) is 59.6 Å². The van der Waals surface area contributed by atoms with Gasteiger partial charge in [0.2, 0.25) is 5.13 Å². The van der Waals surface area contributed by atoms with Gasteiger partial charge in [-0.2, -0.15) is 5.10 Å². The van der Waals surface area contributed by atoms with Gasteiger partial charge in [-0.25, -0.2) is 9.99 Å². The molecule has 0 saturated heterocycles. The second-order valence-corrected chi connectivity index (χ2v) is 11.1. The number of nitrogens with zero attached hydrogens (tertiary/aromatic N) is 3. The van der Waals surface area contributed by atoms with Crippen molar-refractivity contribution < 1.29 is 4.74 Å². The van der Waals surface area contributed by atoms with Gasteiger partial charge in [-0.3, -0.25) is 0 Å². The van der Waals surface area contributed by atoms with E-state index >= 15 is 0 Å². The van der Waals surface area contributed by atoms with E-state index < -0.39 is 0 Å². The minimum atomic E-state index is -0.0308. The maximum atomic E-state index is 6.46. The first-order chi connectivity index (χ1) is 15.5. The van der Waals surface area contributed by atoms with Gasteiger partial charge in [0.1, 0.15) is 10.1 Å². The number of hydrogen-bond acceptors (Lipinski definition) is 6. The van der Waals surface area contributed by atoms with Crippen LogP contribution < -0.4 is 9.75 Å². The van der Waals surface area contributed by atoms with Gasteiger partial charge >= 0.3 is 0 Å². The van der Waals surface area contributed by atoms with Crippen molar-refractivity contribution in [3.8, 4) is 17.0 Å². The molecule has 1 aliphatic heterocycles. The van der Waals surface area contributed by atoms with E-state index in [4.69, 9.17) is 38.0 Å². The lowest BCUT2D eigenvalue weighted by Crippen LogP contribution is -2.18. The number of aromatic nitrogens is 1. The van der Waals surface area contributed by atoms with Gasteiger partial charge in [0.05, 0.1) is 33.4 Å². The van der Waals surface area contributed by atoms with E-state index in [2.05, 4.69) is 45.6 Å². The quantitative estimate of drug-likeness (QED) is 0.244. The van der Waals surface area contributed by atoms with Crippen LogP contribution in [0.1, 0.15) is 23.6 Å². The summed E-state index contributed by atoms with van der Waals surface area (Å²) in [5, 5.41) is 9.83. The molecule has 1 atom stereocenters. The lowest BCUT2D eigenvalue weighted by Gasteiger charge is -2.22. The first kappa shape index (κ1) is 21.9. The van der Waals surface area contributed by atoms with Crippen molar-refractivity contribution in [3.63, 3.8) is 0 Å². The first-order valence-corrected chi connectivity index (χ1v) is 12.9. The van der Waals surface area contributed by atoms with Crippen molar-refractivity contribution in [1.29, 1.82) is 0 Å². The van der Waals surface area contributed by atoms with E-state index in [-0.39, 0.29) is 6.04 Å². The third-order valence-electron chi connectivity index (χ3n) is 5.20. The van der Waals surface area contributed by atoms with Gasteiger partial charge in [-0.05, 0) is 39.7 Å². The van der Waals surface area contributed by atoms with Gasteiger partial charge in [0.25, 0.3) is 0 Å². The summed E-state index contributed by atoms with van der Waals surface area (Å²) in [5.74, 6) is 0.785. The molecule has 2 aromatic carbocycles. The zero-order valence-electron chi connectivity index (χ0n) is 16.8. The Morgan fingerprint density at radius 1 is 1.12 bits per heavy atom. The highest BCUT2D eigenvalue weighted by Crippen LogP contribution is 2.43. The minimum absolute atomic E-state index is 0.0308. The van der Waals surface area contributed by atoms with Gasteiger partial charge in [-0.15, -0.1) is 22.7 Å². The fourth-order valence-corrected chi connectivity index (χ4v) is 6.55. The number of hydrazone groups is 1. The maximum Gasteiger partial charge on any atom is 0.207 e. The molecular formula is C23H16BrCl2N3OS2. The normalized spacial score (nSPS) is 15.8. The number of benzene rings is 2. The second-order valence-electron chi connectivity index (χ2n) is 7.12. The predicted octanol–water partition coefficient (Wildman–Crippen LogP) is 8.31. The number of thiazole rings is 1. The molecule has 9 heteroatoms. The molecule has 3 heterocycles. The van der Waals surface area contributed by atoms with E-state index in [0.29, 0.717) is 15.1 Å². The van der Waals surface area contributed by atoms with Crippen molar-refractivity contribution in [1.82, 2.24) is 4.98 Å². The summed E-state index contributed by atoms with van der Waals surface area (Å²) in [7, 11) is 1.66. The number of methoxy groups -OCH3 is 1. The Labute approximate surface area is 212 Å². The molecule has 1 aliphatic rings. The van der Waals surface area contributed by atoms with Crippen LogP contribution in [0.5, 0.6) is 5.75 Å². The third-order valence-corrected chi connectivity index (χ3v) is 8.13. The third kappa shape index (κ3) is 4.20. The largest absolute Gasteiger partial charge is 0.496 e. The lowest BCUT2D eigenvalue weighted by atomic mass is 10.00. The summed E-state index contributed by atoms with van der Waals surface area (Å²) in [5.41, 5.74) is 4.88. The average molecular weight is 565 g/mol. The Morgan fingerprint density at radius 2 is 1.94 bits per heavy atom. The number of hydrogen-bond donors (Lipinski definition) is 0. The molecule has 0 fully saturated rings. The van der Waals surface area contributed by atoms with Crippen LogP contribution in [-0.2, 0) is 0 Å². The van der Waals surface area contributed by atoms with Crippen LogP contribution in [0.3, 0.4) is 0 Å². The standard InChI is InChI=1S/C23H16BrCl2N3OS2/c1-30-20-8-7-14(9-16(20)24)19-11-17(15-10-21(25)32-22(15)26)28-29(19)23-27-18(12-31-23)13-5-3-2-4-6-13/h2-10,12,19H,11H2,1H3. The van der Waals surface area contributed by atoms with Crippen LogP contribution in [0.4, 0.5) is 5.13 Å². The van der Waals surface area contributed by atoms with Crippen molar-refractivity contribution in [2.24, 2.45) is 5.10 Å². The fourth-order valence-electron chi connectivity index (χ4n) is 3.65. The number of rotatable bonds is 5. The van der Waals surface area contributed by atoms with Gasteiger partial charge < -0.3 is 4.74 Å². The SMILES string of the molecule is COc1ccc(C2CC(c3cc(Cl)sc3Cl)=NN2c2nc(-c3ccccc3)cs2)cc1Br. The van der Waals surface area contributed by atoms with E-state index in [0.717, 1.165) is 43.4 Å². The van der Waals surface area contributed by atoms with Gasteiger partial charge in [0, 0.05) is 22.9 Å². The second kappa shape index (κ2) is 9.15. The number of anilines is 1. The summed E-state index contributed by atoms with van der Waals surface area (Å²) in [4.78, 5) is 4.89.